The normalized spacial score (nSPS) is 20.7. The maximum atomic E-state index is 10.7. The molecular formula is C26H36N6O3. The van der Waals surface area contributed by atoms with E-state index in [1.54, 1.807) is 26.3 Å². The fraction of sp³-hybridized carbons (Fsp3) is 0.577. The van der Waals surface area contributed by atoms with Crippen LogP contribution in [-0.2, 0) is 12.1 Å². The van der Waals surface area contributed by atoms with Gasteiger partial charge in [-0.3, -0.25) is 4.68 Å². The Balaban J connectivity index is 1.26. The lowest BCUT2D eigenvalue weighted by Crippen LogP contribution is -2.22. The van der Waals surface area contributed by atoms with Crippen molar-refractivity contribution in [2.24, 2.45) is 11.8 Å². The van der Waals surface area contributed by atoms with Gasteiger partial charge in [-0.1, -0.05) is 0 Å². The lowest BCUT2D eigenvalue weighted by atomic mass is 9.87. The van der Waals surface area contributed by atoms with Gasteiger partial charge in [0.05, 0.1) is 24.0 Å². The molecule has 0 unspecified atom stereocenters. The first-order valence-electron chi connectivity index (χ1n) is 12.7. The zero-order chi connectivity index (χ0) is 24.4. The second kappa shape index (κ2) is 9.99. The summed E-state index contributed by atoms with van der Waals surface area (Å²) in [5.41, 5.74) is 1.98. The largest absolute Gasteiger partial charge is 0.444 e. The number of aromatic nitrogens is 4. The summed E-state index contributed by atoms with van der Waals surface area (Å²) in [6, 6.07) is 4.14. The van der Waals surface area contributed by atoms with Gasteiger partial charge in [0.25, 0.3) is 0 Å². The van der Waals surface area contributed by atoms with Crippen LogP contribution in [0.3, 0.4) is 0 Å². The molecule has 2 aliphatic carbocycles. The average molecular weight is 481 g/mol. The number of anilines is 2. The molecule has 2 saturated carbocycles. The van der Waals surface area contributed by atoms with E-state index in [0.29, 0.717) is 24.0 Å². The predicted molar refractivity (Wildman–Crippen MR) is 134 cm³/mol. The molecule has 3 heterocycles. The van der Waals surface area contributed by atoms with Crippen molar-refractivity contribution >= 4 is 11.5 Å². The Hall–Kier alpha value is -2.91. The first-order chi connectivity index (χ1) is 16.9. The van der Waals surface area contributed by atoms with Crippen LogP contribution >= 0.6 is 0 Å². The van der Waals surface area contributed by atoms with Crippen LogP contribution < -0.4 is 10.6 Å². The molecule has 9 heteroatoms. The van der Waals surface area contributed by atoms with Gasteiger partial charge < -0.3 is 25.3 Å². The highest BCUT2D eigenvalue weighted by Gasteiger charge is 2.28. The number of oxazole rings is 1. The number of rotatable bonds is 10. The number of hydrogen-bond acceptors (Lipinski definition) is 8. The standard InChI is InChI=1S/C26H36N6O3/c1-26(2,34)24-22(14-32(31-24)21-7-5-18(15-33)6-8-21)28-13-20-16-35-25(30-20)19-9-10-27-23(11-19)29-12-17-3-4-17/h9-11,14,16-18,21,28,33-34H,3-8,12-13,15H2,1-2H3,(H,27,29). The molecule has 0 atom stereocenters. The SMILES string of the molecule is CC(C)(O)c1nn(C2CCC(CO)CC2)cc1NCc1coc(-c2ccnc(NCC3CC3)c2)n1. The third-order valence-electron chi connectivity index (χ3n) is 7.05. The Morgan fingerprint density at radius 2 is 1.89 bits per heavy atom. The van der Waals surface area contributed by atoms with Gasteiger partial charge in [-0.15, -0.1) is 0 Å². The van der Waals surface area contributed by atoms with E-state index in [2.05, 4.69) is 20.6 Å². The van der Waals surface area contributed by atoms with Crippen molar-refractivity contribution in [2.75, 3.05) is 23.8 Å². The smallest absolute Gasteiger partial charge is 0.226 e. The third-order valence-corrected chi connectivity index (χ3v) is 7.05. The van der Waals surface area contributed by atoms with Gasteiger partial charge in [0.1, 0.15) is 23.4 Å². The second-order valence-electron chi connectivity index (χ2n) is 10.5. The molecule has 0 amide bonds. The van der Waals surface area contributed by atoms with Crippen molar-refractivity contribution < 1.29 is 14.6 Å². The Labute approximate surface area is 206 Å². The van der Waals surface area contributed by atoms with Crippen LogP contribution in [0.4, 0.5) is 11.5 Å². The van der Waals surface area contributed by atoms with E-state index >= 15 is 0 Å². The van der Waals surface area contributed by atoms with Gasteiger partial charge in [-0.25, -0.2) is 9.97 Å². The molecule has 0 aliphatic heterocycles. The Morgan fingerprint density at radius 1 is 1.11 bits per heavy atom. The highest BCUT2D eigenvalue weighted by Crippen LogP contribution is 2.35. The van der Waals surface area contributed by atoms with E-state index in [1.807, 2.05) is 23.0 Å². The molecule has 3 aromatic heterocycles. The number of nitrogens with one attached hydrogen (secondary N) is 2. The first kappa shape index (κ1) is 23.8. The Kier molecular flexibility index (Phi) is 6.80. The highest BCUT2D eigenvalue weighted by molar-refractivity contribution is 5.58. The summed E-state index contributed by atoms with van der Waals surface area (Å²) >= 11 is 0. The molecule has 188 valence electrons. The molecule has 0 bridgehead atoms. The summed E-state index contributed by atoms with van der Waals surface area (Å²) in [6.07, 6.45) is 11.9. The Bertz CT molecular complexity index is 1120. The second-order valence-corrected chi connectivity index (χ2v) is 10.5. The highest BCUT2D eigenvalue weighted by atomic mass is 16.3. The number of aliphatic hydroxyl groups is 2. The minimum atomic E-state index is -1.08. The van der Waals surface area contributed by atoms with Crippen molar-refractivity contribution in [1.82, 2.24) is 19.7 Å². The minimum absolute atomic E-state index is 0.255. The van der Waals surface area contributed by atoms with Gasteiger partial charge in [0.15, 0.2) is 0 Å². The molecule has 0 spiro atoms. The van der Waals surface area contributed by atoms with Crippen LogP contribution in [0.5, 0.6) is 0 Å². The van der Waals surface area contributed by atoms with E-state index in [9.17, 15) is 10.2 Å². The van der Waals surface area contributed by atoms with E-state index in [4.69, 9.17) is 9.52 Å². The summed E-state index contributed by atoms with van der Waals surface area (Å²) in [6.45, 7) is 5.16. The lowest BCUT2D eigenvalue weighted by molar-refractivity contribution is 0.0729. The quantitative estimate of drug-likeness (QED) is 0.339. The molecule has 0 aromatic carbocycles. The fourth-order valence-corrected chi connectivity index (χ4v) is 4.69. The van der Waals surface area contributed by atoms with Crippen LogP contribution in [0.15, 0.2) is 35.2 Å². The molecule has 2 aliphatic rings. The number of pyridine rings is 1. The molecule has 2 fully saturated rings. The van der Waals surface area contributed by atoms with Crippen LogP contribution in [0.1, 0.15) is 69.8 Å². The van der Waals surface area contributed by atoms with Crippen LogP contribution in [0, 0.1) is 11.8 Å². The topological polar surface area (TPSA) is 121 Å². The summed E-state index contributed by atoms with van der Waals surface area (Å²) < 4.78 is 7.73. The van der Waals surface area contributed by atoms with Crippen molar-refractivity contribution in [2.45, 2.75) is 70.6 Å². The van der Waals surface area contributed by atoms with E-state index < -0.39 is 5.60 Å². The molecule has 4 N–H and O–H groups in total. The molecule has 3 aromatic rings. The first-order valence-corrected chi connectivity index (χ1v) is 12.7. The summed E-state index contributed by atoms with van der Waals surface area (Å²) in [7, 11) is 0. The fourth-order valence-electron chi connectivity index (χ4n) is 4.69. The molecule has 0 radical (unpaired) electrons. The van der Waals surface area contributed by atoms with Gasteiger partial charge in [0.2, 0.25) is 5.89 Å². The zero-order valence-corrected chi connectivity index (χ0v) is 20.6. The van der Waals surface area contributed by atoms with Gasteiger partial charge in [0, 0.05) is 31.1 Å². The Morgan fingerprint density at radius 3 is 2.60 bits per heavy atom. The van der Waals surface area contributed by atoms with E-state index in [0.717, 1.165) is 60.9 Å². The van der Waals surface area contributed by atoms with E-state index in [1.165, 1.54) is 12.8 Å². The summed E-state index contributed by atoms with van der Waals surface area (Å²) in [4.78, 5) is 9.04. The monoisotopic (exact) mass is 480 g/mol. The lowest BCUT2D eigenvalue weighted by Gasteiger charge is -2.27. The molecule has 5 rings (SSSR count). The summed E-state index contributed by atoms with van der Waals surface area (Å²) in [5, 5.41) is 31.7. The van der Waals surface area contributed by atoms with Crippen molar-refractivity contribution in [3.63, 3.8) is 0 Å². The molecule has 0 saturated heterocycles. The summed E-state index contributed by atoms with van der Waals surface area (Å²) in [5.74, 6) is 2.55. The number of hydrogen-bond donors (Lipinski definition) is 4. The van der Waals surface area contributed by atoms with Crippen LogP contribution in [-0.4, -0.2) is 43.1 Å². The van der Waals surface area contributed by atoms with E-state index in [-0.39, 0.29) is 12.6 Å². The van der Waals surface area contributed by atoms with Gasteiger partial charge in [-0.2, -0.15) is 5.10 Å². The van der Waals surface area contributed by atoms with Crippen LogP contribution in [0.2, 0.25) is 0 Å². The molecule has 35 heavy (non-hydrogen) atoms. The molecule has 9 nitrogen and oxygen atoms in total. The predicted octanol–water partition coefficient (Wildman–Crippen LogP) is 4.32. The van der Waals surface area contributed by atoms with Crippen molar-refractivity contribution in [3.05, 3.63) is 42.2 Å². The third kappa shape index (κ3) is 5.85. The maximum Gasteiger partial charge on any atom is 0.226 e. The molecular weight excluding hydrogens is 444 g/mol. The van der Waals surface area contributed by atoms with Crippen molar-refractivity contribution in [3.8, 4) is 11.5 Å². The average Bonchev–Trinajstić information content (AvgIpc) is 3.38. The number of nitrogens with zero attached hydrogens (tertiary/aromatic N) is 4. The number of aliphatic hydroxyl groups excluding tert-OH is 1. The van der Waals surface area contributed by atoms with Crippen LogP contribution in [0.25, 0.3) is 11.5 Å². The maximum absolute atomic E-state index is 10.7. The van der Waals surface area contributed by atoms with Crippen molar-refractivity contribution in [1.29, 1.82) is 0 Å². The van der Waals surface area contributed by atoms with Gasteiger partial charge >= 0.3 is 0 Å². The zero-order valence-electron chi connectivity index (χ0n) is 20.6. The van der Waals surface area contributed by atoms with Gasteiger partial charge in [-0.05, 0) is 76.3 Å². The minimum Gasteiger partial charge on any atom is -0.444 e.